The van der Waals surface area contributed by atoms with E-state index in [1.807, 2.05) is 61.5 Å². The number of rotatable bonds is 5. The minimum absolute atomic E-state index is 0.0584. The smallest absolute Gasteiger partial charge is 0.255 e. The quantitative estimate of drug-likeness (QED) is 0.532. The van der Waals surface area contributed by atoms with E-state index >= 15 is 0 Å². The molecule has 0 aliphatic rings. The Labute approximate surface area is 157 Å². The fourth-order valence-corrected chi connectivity index (χ4v) is 3.16. The van der Waals surface area contributed by atoms with Gasteiger partial charge in [-0.05, 0) is 42.8 Å². The second kappa shape index (κ2) is 7.41. The van der Waals surface area contributed by atoms with E-state index in [1.54, 1.807) is 23.6 Å². The van der Waals surface area contributed by atoms with Crippen LogP contribution in [0, 0.1) is 6.92 Å². The van der Waals surface area contributed by atoms with Crippen LogP contribution < -0.4 is 0 Å². The molecule has 0 fully saturated rings. The molecule has 0 aliphatic carbocycles. The molecular formula is C22H19N3O2. The zero-order valence-electron chi connectivity index (χ0n) is 15.0. The zero-order chi connectivity index (χ0) is 18.6. The first kappa shape index (κ1) is 17.0. The molecule has 0 aliphatic heterocycles. The maximum Gasteiger partial charge on any atom is 0.255 e. The first-order valence-electron chi connectivity index (χ1n) is 8.77. The van der Waals surface area contributed by atoms with E-state index in [0.717, 1.165) is 27.9 Å². The molecule has 5 nitrogen and oxygen atoms in total. The average molecular weight is 357 g/mol. The lowest BCUT2D eigenvalue weighted by Crippen LogP contribution is -2.30. The van der Waals surface area contributed by atoms with Gasteiger partial charge in [-0.3, -0.25) is 14.8 Å². The number of para-hydroxylation sites is 1. The van der Waals surface area contributed by atoms with Crippen LogP contribution in [0.3, 0.4) is 0 Å². The van der Waals surface area contributed by atoms with E-state index in [2.05, 4.69) is 9.97 Å². The number of aromatic nitrogens is 2. The van der Waals surface area contributed by atoms with Crippen LogP contribution in [0.4, 0.5) is 0 Å². The molecule has 0 N–H and O–H groups in total. The first-order chi connectivity index (χ1) is 13.2. The summed E-state index contributed by atoms with van der Waals surface area (Å²) in [5.74, 6) is 0.680. The molecule has 0 radical (unpaired) electrons. The van der Waals surface area contributed by atoms with Gasteiger partial charge in [0.15, 0.2) is 0 Å². The van der Waals surface area contributed by atoms with Gasteiger partial charge in [0.2, 0.25) is 0 Å². The Hall–Kier alpha value is -3.47. The maximum absolute atomic E-state index is 13.5. The molecule has 3 aromatic heterocycles. The van der Waals surface area contributed by atoms with Crippen LogP contribution in [-0.4, -0.2) is 20.8 Å². The highest BCUT2D eigenvalue weighted by atomic mass is 16.3. The Kier molecular flexibility index (Phi) is 4.66. The lowest BCUT2D eigenvalue weighted by atomic mass is 10.1. The van der Waals surface area contributed by atoms with Crippen molar-refractivity contribution in [3.8, 4) is 0 Å². The predicted molar refractivity (Wildman–Crippen MR) is 103 cm³/mol. The summed E-state index contributed by atoms with van der Waals surface area (Å²) < 4.78 is 5.48. The number of benzene rings is 1. The van der Waals surface area contributed by atoms with Crippen molar-refractivity contribution in [2.45, 2.75) is 20.0 Å². The molecule has 5 heteroatoms. The Bertz CT molecular complexity index is 1060. The number of hydrogen-bond donors (Lipinski definition) is 0. The molecule has 0 unspecified atom stereocenters. The molecule has 0 atom stereocenters. The third-order valence-corrected chi connectivity index (χ3v) is 4.38. The summed E-state index contributed by atoms with van der Waals surface area (Å²) in [6.45, 7) is 2.74. The van der Waals surface area contributed by atoms with E-state index in [9.17, 15) is 4.79 Å². The van der Waals surface area contributed by atoms with Gasteiger partial charge < -0.3 is 9.32 Å². The number of carbonyl (C=O) groups is 1. The largest absolute Gasteiger partial charge is 0.467 e. The fourth-order valence-electron chi connectivity index (χ4n) is 3.16. The van der Waals surface area contributed by atoms with Crippen LogP contribution in [0.2, 0.25) is 0 Å². The summed E-state index contributed by atoms with van der Waals surface area (Å²) in [4.78, 5) is 24.0. The van der Waals surface area contributed by atoms with Gasteiger partial charge in [-0.2, -0.15) is 0 Å². The third kappa shape index (κ3) is 3.72. The second-order valence-electron chi connectivity index (χ2n) is 6.43. The summed E-state index contributed by atoms with van der Waals surface area (Å²) in [6.07, 6.45) is 5.12. The topological polar surface area (TPSA) is 59.2 Å². The number of hydrogen-bond acceptors (Lipinski definition) is 4. The summed E-state index contributed by atoms with van der Waals surface area (Å²) in [7, 11) is 0. The van der Waals surface area contributed by atoms with Crippen molar-refractivity contribution in [1.29, 1.82) is 0 Å². The number of fused-ring (bicyclic) bond motifs is 1. The van der Waals surface area contributed by atoms with Gasteiger partial charge >= 0.3 is 0 Å². The van der Waals surface area contributed by atoms with Crippen LogP contribution in [0.25, 0.3) is 10.9 Å². The fraction of sp³-hybridized carbons (Fsp3) is 0.136. The number of carbonyl (C=O) groups excluding carboxylic acids is 1. The van der Waals surface area contributed by atoms with Crippen LogP contribution in [0.5, 0.6) is 0 Å². The van der Waals surface area contributed by atoms with Gasteiger partial charge in [-0.25, -0.2) is 0 Å². The van der Waals surface area contributed by atoms with Crippen molar-refractivity contribution in [2.24, 2.45) is 0 Å². The van der Waals surface area contributed by atoms with E-state index in [0.29, 0.717) is 18.7 Å². The molecule has 4 aromatic rings. The van der Waals surface area contributed by atoms with Crippen LogP contribution in [0.1, 0.15) is 27.4 Å². The first-order valence-corrected chi connectivity index (χ1v) is 8.77. The van der Waals surface area contributed by atoms with Gasteiger partial charge in [0.05, 0.1) is 23.9 Å². The molecule has 0 saturated carbocycles. The van der Waals surface area contributed by atoms with Crippen LogP contribution in [-0.2, 0) is 13.1 Å². The van der Waals surface area contributed by atoms with Crippen LogP contribution >= 0.6 is 0 Å². The number of nitrogens with zero attached hydrogens (tertiary/aromatic N) is 3. The SMILES string of the molecule is Cc1cc(C(=O)N(Cc2cccnc2)Cc2ccco2)c2ccccc2n1. The van der Waals surface area contributed by atoms with Crippen molar-refractivity contribution in [3.63, 3.8) is 0 Å². The van der Waals surface area contributed by atoms with Gasteiger partial charge in [0, 0.05) is 30.0 Å². The highest BCUT2D eigenvalue weighted by Crippen LogP contribution is 2.22. The third-order valence-electron chi connectivity index (χ3n) is 4.38. The van der Waals surface area contributed by atoms with E-state index in [1.165, 1.54) is 0 Å². The molecule has 1 aromatic carbocycles. The van der Waals surface area contributed by atoms with E-state index < -0.39 is 0 Å². The Morgan fingerprint density at radius 3 is 2.74 bits per heavy atom. The lowest BCUT2D eigenvalue weighted by molar-refractivity contribution is 0.0719. The van der Waals surface area contributed by atoms with Gasteiger partial charge in [0.25, 0.3) is 5.91 Å². The van der Waals surface area contributed by atoms with Crippen molar-refractivity contribution in [1.82, 2.24) is 14.9 Å². The minimum Gasteiger partial charge on any atom is -0.467 e. The molecule has 0 bridgehead atoms. The Morgan fingerprint density at radius 2 is 1.96 bits per heavy atom. The summed E-state index contributed by atoms with van der Waals surface area (Å²) in [5.41, 5.74) is 3.25. The normalized spacial score (nSPS) is 10.9. The minimum atomic E-state index is -0.0584. The van der Waals surface area contributed by atoms with Crippen molar-refractivity contribution in [2.75, 3.05) is 0 Å². The maximum atomic E-state index is 13.5. The highest BCUT2D eigenvalue weighted by molar-refractivity contribution is 6.06. The molecule has 3 heterocycles. The van der Waals surface area contributed by atoms with Crippen LogP contribution in [0.15, 0.2) is 77.7 Å². The molecular weight excluding hydrogens is 338 g/mol. The Morgan fingerprint density at radius 1 is 1.07 bits per heavy atom. The number of pyridine rings is 2. The standard InChI is InChI=1S/C22H19N3O2/c1-16-12-20(19-8-2-3-9-21(19)24-16)22(26)25(15-18-7-5-11-27-18)14-17-6-4-10-23-13-17/h2-13H,14-15H2,1H3. The number of amides is 1. The molecule has 134 valence electrons. The summed E-state index contributed by atoms with van der Waals surface area (Å²) in [5, 5.41) is 0.851. The highest BCUT2D eigenvalue weighted by Gasteiger charge is 2.20. The lowest BCUT2D eigenvalue weighted by Gasteiger charge is -2.23. The van der Waals surface area contributed by atoms with Crippen molar-refractivity contribution in [3.05, 3.63) is 95.8 Å². The van der Waals surface area contributed by atoms with E-state index in [-0.39, 0.29) is 5.91 Å². The van der Waals surface area contributed by atoms with Gasteiger partial charge in [0.1, 0.15) is 5.76 Å². The average Bonchev–Trinajstić information content (AvgIpc) is 3.20. The van der Waals surface area contributed by atoms with Crippen molar-refractivity contribution < 1.29 is 9.21 Å². The monoisotopic (exact) mass is 357 g/mol. The number of aryl methyl sites for hydroxylation is 1. The summed E-state index contributed by atoms with van der Waals surface area (Å²) in [6, 6.07) is 17.1. The van der Waals surface area contributed by atoms with Gasteiger partial charge in [-0.1, -0.05) is 24.3 Å². The molecule has 4 rings (SSSR count). The predicted octanol–water partition coefficient (Wildman–Crippen LogP) is 4.37. The number of furan rings is 1. The Balaban J connectivity index is 1.74. The zero-order valence-corrected chi connectivity index (χ0v) is 15.0. The van der Waals surface area contributed by atoms with Crippen molar-refractivity contribution >= 4 is 16.8 Å². The van der Waals surface area contributed by atoms with E-state index in [4.69, 9.17) is 4.42 Å². The summed E-state index contributed by atoms with van der Waals surface area (Å²) >= 11 is 0. The molecule has 1 amide bonds. The molecule has 0 spiro atoms. The second-order valence-corrected chi connectivity index (χ2v) is 6.43. The molecule has 0 saturated heterocycles. The molecule has 27 heavy (non-hydrogen) atoms. The van der Waals surface area contributed by atoms with Gasteiger partial charge in [-0.15, -0.1) is 0 Å².